The van der Waals surface area contributed by atoms with Crippen LogP contribution in [0, 0.1) is 0 Å². The maximum absolute atomic E-state index is 3.99. The number of nitrogens with one attached hydrogen (secondary N) is 1. The Labute approximate surface area is 57.1 Å². The normalized spacial score (nSPS) is 22.9. The van der Waals surface area contributed by atoms with Crippen molar-refractivity contribution < 1.29 is 0 Å². The van der Waals surface area contributed by atoms with E-state index in [-0.39, 0.29) is 0 Å². The fraction of sp³-hybridized carbons (Fsp3) is 0.750. The second-order valence-corrected chi connectivity index (χ2v) is 2.71. The lowest BCUT2D eigenvalue weighted by Gasteiger charge is -2.10. The summed E-state index contributed by atoms with van der Waals surface area (Å²) >= 11 is 0. The zero-order chi connectivity index (χ0) is 6.53. The molecule has 9 heavy (non-hydrogen) atoms. The van der Waals surface area contributed by atoms with Crippen molar-refractivity contribution in [3.63, 3.8) is 0 Å². The van der Waals surface area contributed by atoms with Gasteiger partial charge in [0.25, 0.3) is 0 Å². The van der Waals surface area contributed by atoms with Gasteiger partial charge in [-0.2, -0.15) is 0 Å². The van der Waals surface area contributed by atoms with Gasteiger partial charge in [-0.1, -0.05) is 12.2 Å². The van der Waals surface area contributed by atoms with Crippen molar-refractivity contribution in [3.8, 4) is 0 Å². The van der Waals surface area contributed by atoms with E-state index in [2.05, 4.69) is 11.9 Å². The topological polar surface area (TPSA) is 12.0 Å². The molecule has 0 amide bonds. The molecule has 1 heteroatoms. The standard InChI is InChI=1S/C8H15N/c1-8-4-2-6-9-7-3-5-8/h9H,1-7H2. The van der Waals surface area contributed by atoms with Crippen LogP contribution < -0.4 is 5.32 Å². The van der Waals surface area contributed by atoms with E-state index in [1.165, 1.54) is 44.3 Å². The summed E-state index contributed by atoms with van der Waals surface area (Å²) < 4.78 is 0. The van der Waals surface area contributed by atoms with E-state index < -0.39 is 0 Å². The van der Waals surface area contributed by atoms with Crippen LogP contribution in [0.5, 0.6) is 0 Å². The van der Waals surface area contributed by atoms with Crippen LogP contribution in [0.25, 0.3) is 0 Å². The van der Waals surface area contributed by atoms with Crippen LogP contribution in [-0.2, 0) is 0 Å². The van der Waals surface area contributed by atoms with E-state index in [0.717, 1.165) is 0 Å². The molecule has 1 aliphatic rings. The van der Waals surface area contributed by atoms with Crippen LogP contribution in [0.4, 0.5) is 0 Å². The van der Waals surface area contributed by atoms with Crippen LogP contribution >= 0.6 is 0 Å². The van der Waals surface area contributed by atoms with Gasteiger partial charge < -0.3 is 5.32 Å². The molecule has 1 fully saturated rings. The van der Waals surface area contributed by atoms with Crippen molar-refractivity contribution in [1.82, 2.24) is 5.32 Å². The molecule has 0 radical (unpaired) electrons. The van der Waals surface area contributed by atoms with Gasteiger partial charge in [-0.25, -0.2) is 0 Å². The van der Waals surface area contributed by atoms with Gasteiger partial charge in [-0.3, -0.25) is 0 Å². The van der Waals surface area contributed by atoms with Crippen molar-refractivity contribution in [1.29, 1.82) is 0 Å². The minimum absolute atomic E-state index is 1.18. The highest BCUT2D eigenvalue weighted by molar-refractivity contribution is 4.94. The first-order valence-electron chi connectivity index (χ1n) is 3.77. The molecule has 1 saturated heterocycles. The molecule has 0 atom stereocenters. The summed E-state index contributed by atoms with van der Waals surface area (Å²) in [5.41, 5.74) is 1.44. The monoisotopic (exact) mass is 125 g/mol. The molecule has 0 aromatic carbocycles. The smallest absolute Gasteiger partial charge is 0.00459 e. The molecule has 1 aliphatic heterocycles. The molecule has 0 spiro atoms. The van der Waals surface area contributed by atoms with E-state index in [0.29, 0.717) is 0 Å². The number of rotatable bonds is 0. The van der Waals surface area contributed by atoms with E-state index in [4.69, 9.17) is 0 Å². The third-order valence-corrected chi connectivity index (χ3v) is 1.77. The molecule has 0 bridgehead atoms. The molecule has 1 nitrogen and oxygen atoms in total. The molecule has 0 saturated carbocycles. The zero-order valence-electron chi connectivity index (χ0n) is 5.95. The highest BCUT2D eigenvalue weighted by Crippen LogP contribution is 2.10. The zero-order valence-corrected chi connectivity index (χ0v) is 5.95. The maximum Gasteiger partial charge on any atom is -0.00459 e. The molecular formula is C8H15N. The van der Waals surface area contributed by atoms with Crippen molar-refractivity contribution in [2.45, 2.75) is 25.7 Å². The second-order valence-electron chi connectivity index (χ2n) is 2.71. The minimum Gasteiger partial charge on any atom is -0.317 e. The van der Waals surface area contributed by atoms with Crippen LogP contribution in [0.15, 0.2) is 12.2 Å². The van der Waals surface area contributed by atoms with Gasteiger partial charge in [0.2, 0.25) is 0 Å². The van der Waals surface area contributed by atoms with Crippen LogP contribution in [-0.4, -0.2) is 13.1 Å². The number of hydrogen-bond donors (Lipinski definition) is 1. The second kappa shape index (κ2) is 3.67. The molecule has 1 heterocycles. The lowest BCUT2D eigenvalue weighted by Crippen LogP contribution is -2.18. The molecule has 0 unspecified atom stereocenters. The van der Waals surface area contributed by atoms with E-state index in [1.54, 1.807) is 0 Å². The summed E-state index contributed by atoms with van der Waals surface area (Å²) in [6, 6.07) is 0. The Morgan fingerprint density at radius 3 is 2.22 bits per heavy atom. The highest BCUT2D eigenvalue weighted by atomic mass is 14.8. The van der Waals surface area contributed by atoms with Gasteiger partial charge in [-0.05, 0) is 38.8 Å². The summed E-state index contributed by atoms with van der Waals surface area (Å²) in [6.45, 7) is 6.35. The molecule has 1 rings (SSSR count). The summed E-state index contributed by atoms with van der Waals surface area (Å²) in [5.74, 6) is 0. The third kappa shape index (κ3) is 2.66. The lowest BCUT2D eigenvalue weighted by atomic mass is 10.1. The molecule has 0 aromatic heterocycles. The first-order valence-corrected chi connectivity index (χ1v) is 3.77. The predicted molar refractivity (Wildman–Crippen MR) is 40.5 cm³/mol. The Morgan fingerprint density at radius 1 is 1.11 bits per heavy atom. The largest absolute Gasteiger partial charge is 0.317 e. The summed E-state index contributed by atoms with van der Waals surface area (Å²) in [5, 5.41) is 3.37. The first kappa shape index (κ1) is 6.81. The van der Waals surface area contributed by atoms with E-state index >= 15 is 0 Å². The van der Waals surface area contributed by atoms with Gasteiger partial charge in [0, 0.05) is 0 Å². The highest BCUT2D eigenvalue weighted by Gasteiger charge is 1.98. The van der Waals surface area contributed by atoms with Gasteiger partial charge in [0.05, 0.1) is 0 Å². The third-order valence-electron chi connectivity index (χ3n) is 1.77. The van der Waals surface area contributed by atoms with Gasteiger partial charge >= 0.3 is 0 Å². The Morgan fingerprint density at radius 2 is 1.67 bits per heavy atom. The Balaban J connectivity index is 2.20. The van der Waals surface area contributed by atoms with Crippen LogP contribution in [0.2, 0.25) is 0 Å². The Bertz CT molecular complexity index is 86.7. The maximum atomic E-state index is 3.99. The molecule has 52 valence electrons. The fourth-order valence-electron chi connectivity index (χ4n) is 1.18. The van der Waals surface area contributed by atoms with Gasteiger partial charge in [0.15, 0.2) is 0 Å². The van der Waals surface area contributed by atoms with Crippen molar-refractivity contribution >= 4 is 0 Å². The number of allylic oxidation sites excluding steroid dienone is 1. The van der Waals surface area contributed by atoms with Crippen LogP contribution in [0.3, 0.4) is 0 Å². The minimum atomic E-state index is 1.18. The van der Waals surface area contributed by atoms with Gasteiger partial charge in [-0.15, -0.1) is 0 Å². The average molecular weight is 125 g/mol. The SMILES string of the molecule is C=C1CCCNCCC1. The first-order chi connectivity index (χ1) is 4.39. The quantitative estimate of drug-likeness (QED) is 0.486. The molecule has 0 aromatic rings. The lowest BCUT2D eigenvalue weighted by molar-refractivity contribution is 0.581. The summed E-state index contributed by atoms with van der Waals surface area (Å²) in [6.07, 6.45) is 5.01. The van der Waals surface area contributed by atoms with Gasteiger partial charge in [0.1, 0.15) is 0 Å². The summed E-state index contributed by atoms with van der Waals surface area (Å²) in [4.78, 5) is 0. The molecule has 0 aliphatic carbocycles. The molecular weight excluding hydrogens is 110 g/mol. The van der Waals surface area contributed by atoms with Crippen molar-refractivity contribution in [2.24, 2.45) is 0 Å². The van der Waals surface area contributed by atoms with E-state index in [1.807, 2.05) is 0 Å². The fourth-order valence-corrected chi connectivity index (χ4v) is 1.18. The van der Waals surface area contributed by atoms with Crippen molar-refractivity contribution in [2.75, 3.05) is 13.1 Å². The average Bonchev–Trinajstić information content (AvgIpc) is 1.79. The van der Waals surface area contributed by atoms with Crippen LogP contribution in [0.1, 0.15) is 25.7 Å². The Hall–Kier alpha value is -0.300. The summed E-state index contributed by atoms with van der Waals surface area (Å²) in [7, 11) is 0. The Kier molecular flexibility index (Phi) is 2.78. The number of hydrogen-bond acceptors (Lipinski definition) is 1. The molecule has 1 N–H and O–H groups in total. The van der Waals surface area contributed by atoms with Crippen molar-refractivity contribution in [3.05, 3.63) is 12.2 Å². The predicted octanol–water partition coefficient (Wildman–Crippen LogP) is 1.71. The van der Waals surface area contributed by atoms with E-state index in [9.17, 15) is 0 Å².